The molecular weight excluding hydrogens is 420 g/mol. The Bertz CT molecular complexity index is 1750. The highest BCUT2D eigenvalue weighted by Gasteiger charge is 2.24. The van der Waals surface area contributed by atoms with Gasteiger partial charge in [-0.05, 0) is 53.9 Å². The number of anilines is 2. The van der Waals surface area contributed by atoms with E-state index in [-0.39, 0.29) is 5.56 Å². The van der Waals surface area contributed by atoms with Crippen LogP contribution >= 0.6 is 0 Å². The number of hydrogen-bond acceptors (Lipinski definition) is 3. The molecule has 4 nitrogen and oxygen atoms in total. The maximum absolute atomic E-state index is 13.9. The van der Waals surface area contributed by atoms with Crippen LogP contribution < -0.4 is 10.9 Å². The molecule has 4 aromatic carbocycles. The van der Waals surface area contributed by atoms with Crippen molar-refractivity contribution in [1.29, 1.82) is 0 Å². The number of hydrogen-bond donors (Lipinski definition) is 1. The lowest BCUT2D eigenvalue weighted by atomic mass is 9.97. The van der Waals surface area contributed by atoms with Gasteiger partial charge >= 0.3 is 0 Å². The minimum absolute atomic E-state index is 0.0410. The molecule has 1 N–H and O–H groups in total. The fourth-order valence-corrected chi connectivity index (χ4v) is 4.91. The van der Waals surface area contributed by atoms with E-state index in [1.54, 1.807) is 0 Å². The Morgan fingerprint density at radius 3 is 2.35 bits per heavy atom. The lowest BCUT2D eigenvalue weighted by Crippen LogP contribution is -2.19. The summed E-state index contributed by atoms with van der Waals surface area (Å²) in [4.78, 5) is 13.9. The summed E-state index contributed by atoms with van der Waals surface area (Å²) in [6.07, 6.45) is 0. The lowest BCUT2D eigenvalue weighted by molar-refractivity contribution is 0.637. The van der Waals surface area contributed by atoms with Crippen LogP contribution in [0.1, 0.15) is 12.5 Å². The van der Waals surface area contributed by atoms with Crippen LogP contribution in [-0.4, -0.2) is 4.57 Å². The Labute approximate surface area is 197 Å². The number of benzene rings is 4. The van der Waals surface area contributed by atoms with Gasteiger partial charge in [0.25, 0.3) is 5.56 Å². The summed E-state index contributed by atoms with van der Waals surface area (Å²) in [5.41, 5.74) is 5.27. The predicted octanol–water partition coefficient (Wildman–Crippen LogP) is 7.64. The van der Waals surface area contributed by atoms with Gasteiger partial charge in [-0.1, -0.05) is 72.8 Å². The van der Waals surface area contributed by atoms with Crippen LogP contribution in [0.5, 0.6) is 0 Å². The molecule has 0 atom stereocenters. The first kappa shape index (κ1) is 20.3. The van der Waals surface area contributed by atoms with Gasteiger partial charge < -0.3 is 14.3 Å². The zero-order valence-electron chi connectivity index (χ0n) is 19.1. The summed E-state index contributed by atoms with van der Waals surface area (Å²) in [5, 5.41) is 7.24. The molecule has 0 radical (unpaired) electrons. The number of pyridine rings is 1. The second-order valence-electron chi connectivity index (χ2n) is 8.54. The van der Waals surface area contributed by atoms with Crippen LogP contribution in [0.15, 0.2) is 100 Å². The molecule has 2 aromatic heterocycles. The molecule has 0 fully saturated rings. The van der Waals surface area contributed by atoms with Crippen molar-refractivity contribution in [1.82, 2.24) is 4.57 Å². The first-order valence-electron chi connectivity index (χ1n) is 11.6. The normalized spacial score (nSPS) is 11.5. The van der Waals surface area contributed by atoms with Gasteiger partial charge in [0.1, 0.15) is 0 Å². The number of para-hydroxylation sites is 2. The zero-order valence-corrected chi connectivity index (χ0v) is 19.1. The lowest BCUT2D eigenvalue weighted by Gasteiger charge is -2.11. The van der Waals surface area contributed by atoms with Crippen molar-refractivity contribution in [3.8, 4) is 11.1 Å². The zero-order chi connectivity index (χ0) is 23.2. The van der Waals surface area contributed by atoms with Crippen LogP contribution in [0.25, 0.3) is 43.8 Å². The highest BCUT2D eigenvalue weighted by molar-refractivity contribution is 6.14. The summed E-state index contributed by atoms with van der Waals surface area (Å²) in [6.45, 7) is 4.64. The summed E-state index contributed by atoms with van der Waals surface area (Å²) in [6, 6.07) is 30.5. The number of rotatable bonds is 4. The van der Waals surface area contributed by atoms with E-state index in [1.165, 1.54) is 0 Å². The Hall–Kier alpha value is -4.31. The van der Waals surface area contributed by atoms with Crippen molar-refractivity contribution in [2.75, 3.05) is 5.32 Å². The fourth-order valence-electron chi connectivity index (χ4n) is 4.91. The van der Waals surface area contributed by atoms with E-state index < -0.39 is 0 Å². The number of aromatic nitrogens is 1. The molecule has 0 aliphatic heterocycles. The van der Waals surface area contributed by atoms with Crippen molar-refractivity contribution in [3.05, 3.63) is 107 Å². The maximum Gasteiger partial charge on any atom is 0.262 e. The van der Waals surface area contributed by atoms with E-state index in [4.69, 9.17) is 4.42 Å². The highest BCUT2D eigenvalue weighted by Crippen LogP contribution is 2.43. The Morgan fingerprint density at radius 2 is 1.53 bits per heavy atom. The van der Waals surface area contributed by atoms with Crippen molar-refractivity contribution >= 4 is 44.2 Å². The van der Waals surface area contributed by atoms with Crippen LogP contribution in [0.4, 0.5) is 11.6 Å². The summed E-state index contributed by atoms with van der Waals surface area (Å²) in [7, 11) is 0. The van der Waals surface area contributed by atoms with Gasteiger partial charge in [-0.3, -0.25) is 4.79 Å². The third-order valence-electron chi connectivity index (χ3n) is 6.58. The van der Waals surface area contributed by atoms with Crippen molar-refractivity contribution in [2.24, 2.45) is 0 Å². The van der Waals surface area contributed by atoms with Crippen LogP contribution in [0.3, 0.4) is 0 Å². The summed E-state index contributed by atoms with van der Waals surface area (Å²) in [5.74, 6) is 0.580. The second kappa shape index (κ2) is 7.92. The Balaban J connectivity index is 1.78. The standard InChI is InChI=1S/C30H24N2O2/c1-3-32-25-18-9-7-15-23(25)28-27(30(32)33)26(22-16-10-13-20-12-5-6-14-21(20)22)29(34-28)31-24-17-8-4-11-19(24)2/h4-18,31H,3H2,1-2H3. The summed E-state index contributed by atoms with van der Waals surface area (Å²) < 4.78 is 8.36. The SMILES string of the molecule is CCn1c(=O)c2c(-c3cccc4ccccc34)c(Nc3ccccc3C)oc2c2ccccc21. The molecule has 0 spiro atoms. The van der Waals surface area contributed by atoms with Gasteiger partial charge in [-0.2, -0.15) is 0 Å². The first-order valence-corrected chi connectivity index (χ1v) is 11.6. The van der Waals surface area contributed by atoms with E-state index in [1.807, 2.05) is 72.2 Å². The molecule has 0 saturated carbocycles. The molecule has 0 saturated heterocycles. The molecule has 6 aromatic rings. The molecule has 0 bridgehead atoms. The van der Waals surface area contributed by atoms with Crippen molar-refractivity contribution < 1.29 is 4.42 Å². The summed E-state index contributed by atoms with van der Waals surface area (Å²) >= 11 is 0. The van der Waals surface area contributed by atoms with Gasteiger partial charge in [0.15, 0.2) is 5.58 Å². The van der Waals surface area contributed by atoms with Gasteiger partial charge in [0.05, 0.1) is 16.5 Å². The molecule has 4 heteroatoms. The van der Waals surface area contributed by atoms with E-state index >= 15 is 0 Å². The Morgan fingerprint density at radius 1 is 0.824 bits per heavy atom. The van der Waals surface area contributed by atoms with Crippen molar-refractivity contribution in [3.63, 3.8) is 0 Å². The molecule has 0 amide bonds. The van der Waals surface area contributed by atoms with E-state index in [2.05, 4.69) is 42.6 Å². The average molecular weight is 445 g/mol. The first-order chi connectivity index (χ1) is 16.7. The minimum atomic E-state index is -0.0410. The maximum atomic E-state index is 13.9. The van der Waals surface area contributed by atoms with Gasteiger partial charge in [-0.15, -0.1) is 0 Å². The van der Waals surface area contributed by atoms with Crippen LogP contribution in [0, 0.1) is 6.92 Å². The monoisotopic (exact) mass is 444 g/mol. The molecule has 166 valence electrons. The highest BCUT2D eigenvalue weighted by atomic mass is 16.4. The third-order valence-corrected chi connectivity index (χ3v) is 6.58. The van der Waals surface area contributed by atoms with Gasteiger partial charge in [0.2, 0.25) is 5.88 Å². The number of furan rings is 1. The second-order valence-corrected chi connectivity index (χ2v) is 8.54. The largest absolute Gasteiger partial charge is 0.439 e. The molecule has 0 aliphatic carbocycles. The van der Waals surface area contributed by atoms with Crippen LogP contribution in [0.2, 0.25) is 0 Å². The van der Waals surface area contributed by atoms with Crippen molar-refractivity contribution in [2.45, 2.75) is 20.4 Å². The molecule has 6 rings (SSSR count). The van der Waals surface area contributed by atoms with Gasteiger partial charge in [0, 0.05) is 17.6 Å². The fraction of sp³-hybridized carbons (Fsp3) is 0.100. The van der Waals surface area contributed by atoms with E-state index in [0.29, 0.717) is 23.4 Å². The smallest absolute Gasteiger partial charge is 0.262 e. The quantitative estimate of drug-likeness (QED) is 0.304. The minimum Gasteiger partial charge on any atom is -0.439 e. The Kier molecular flexibility index (Phi) is 4.73. The molecule has 34 heavy (non-hydrogen) atoms. The van der Waals surface area contributed by atoms with E-state index in [0.717, 1.165) is 44.1 Å². The van der Waals surface area contributed by atoms with Crippen LogP contribution in [-0.2, 0) is 6.54 Å². The number of aryl methyl sites for hydroxylation is 2. The number of fused-ring (bicyclic) bond motifs is 4. The number of nitrogens with one attached hydrogen (secondary N) is 1. The third kappa shape index (κ3) is 3.03. The van der Waals surface area contributed by atoms with E-state index in [9.17, 15) is 4.79 Å². The average Bonchev–Trinajstić information content (AvgIpc) is 3.25. The number of nitrogens with zero attached hydrogens (tertiary/aromatic N) is 1. The molecule has 2 heterocycles. The molecular formula is C30H24N2O2. The predicted molar refractivity (Wildman–Crippen MR) is 141 cm³/mol. The molecule has 0 aliphatic rings. The molecule has 0 unspecified atom stereocenters. The van der Waals surface area contributed by atoms with Gasteiger partial charge in [-0.25, -0.2) is 0 Å². The topological polar surface area (TPSA) is 47.2 Å².